The summed E-state index contributed by atoms with van der Waals surface area (Å²) in [5.74, 6) is -1.03. The molecule has 5 atom stereocenters. The van der Waals surface area contributed by atoms with Gasteiger partial charge >= 0.3 is 5.66 Å². The van der Waals surface area contributed by atoms with Crippen molar-refractivity contribution in [3.63, 3.8) is 0 Å². The maximum atomic E-state index is 15.1. The van der Waals surface area contributed by atoms with Crippen LogP contribution >= 0.6 is 12.1 Å². The van der Waals surface area contributed by atoms with Crippen LogP contribution in [-0.2, 0) is 66.8 Å². The number of nitriles is 1. The van der Waals surface area contributed by atoms with Gasteiger partial charge in [0.1, 0.15) is 45.1 Å². The van der Waals surface area contributed by atoms with Crippen molar-refractivity contribution < 1.29 is 70.0 Å². The number of methoxy groups -OCH3 is 1. The van der Waals surface area contributed by atoms with E-state index in [0.717, 1.165) is 41.9 Å². The first-order valence-electron chi connectivity index (χ1n) is 27.1. The second-order valence-electron chi connectivity index (χ2n) is 21.6. The molecule has 410 valence electrons. The monoisotopic (exact) mass is 1080 g/mol. The molecular weight excluding hydrogens is 1010 g/mol. The molecule has 9 heterocycles. The Kier molecular flexibility index (Phi) is 16.9. The van der Waals surface area contributed by atoms with Crippen molar-refractivity contribution in [2.24, 2.45) is 0 Å². The number of fused-ring (bicyclic) bond motifs is 2. The van der Waals surface area contributed by atoms with E-state index in [1.807, 2.05) is 44.4 Å². The number of likely N-dealkylation sites (tertiary alicyclic amines) is 1. The third-order valence-corrected chi connectivity index (χ3v) is 17.5. The largest absolute Gasteiger partial charge is 0.391 e. The van der Waals surface area contributed by atoms with Gasteiger partial charge in [-0.2, -0.15) is 9.15 Å². The number of aliphatic hydroxyl groups is 1. The number of rotatable bonds is 16. The fourth-order valence-corrected chi connectivity index (χ4v) is 13.4. The highest BCUT2D eigenvalue weighted by atomic mass is 32.2. The van der Waals surface area contributed by atoms with Crippen molar-refractivity contribution in [1.82, 2.24) is 25.0 Å². The van der Waals surface area contributed by atoms with E-state index in [9.17, 15) is 33.4 Å². The maximum absolute atomic E-state index is 15.1. The minimum absolute atomic E-state index is 0.0235. The van der Waals surface area contributed by atoms with Crippen molar-refractivity contribution >= 4 is 47.5 Å². The molecule has 77 heavy (non-hydrogen) atoms. The minimum Gasteiger partial charge on any atom is -0.391 e. The van der Waals surface area contributed by atoms with Crippen molar-refractivity contribution in [3.05, 3.63) is 87.8 Å². The Bertz CT molecular complexity index is 2840. The summed E-state index contributed by atoms with van der Waals surface area (Å²) in [4.78, 5) is 80.2. The Labute approximate surface area is 452 Å². The average Bonchev–Trinajstić information content (AvgIpc) is 3.86. The molecule has 3 amide bonds. The summed E-state index contributed by atoms with van der Waals surface area (Å²) in [6.07, 6.45) is 7.84. The zero-order valence-corrected chi connectivity index (χ0v) is 44.8. The lowest BCUT2D eigenvalue weighted by atomic mass is 9.93. The molecule has 1 spiro atoms. The second-order valence-corrected chi connectivity index (χ2v) is 22.2. The molecule has 6 aliphatic heterocycles. The number of carbonyl (C=O) groups excluding carboxylic acids is 5. The summed E-state index contributed by atoms with van der Waals surface area (Å²) in [6, 6.07) is 10.6. The molecule has 0 saturated carbocycles. The van der Waals surface area contributed by atoms with Gasteiger partial charge in [0.25, 0.3) is 24.0 Å². The predicted octanol–water partition coefficient (Wildman–Crippen LogP) is 1.43. The molecule has 2 fully saturated rings. The molecule has 2 saturated heterocycles. The first kappa shape index (κ1) is 54.7. The number of halogens is 1. The SMILES string of the molecule is COCC[N+]12CCOCCOCC[N+]3(CCO)Cc4cc(CC(=O)N5CCN(CCCOC6C=Cc7nccc(C(=O)NCC(=O)N8CCCC8C#N)c7C6)CC5)cc5[n+]4C3(CC(=O)c3cc(SF)cc([n+]3C1)C2)CC5=O. The van der Waals surface area contributed by atoms with Crippen LogP contribution in [0.2, 0.25) is 0 Å². The summed E-state index contributed by atoms with van der Waals surface area (Å²) >= 11 is 0.109. The fraction of sp³-hybridized carbons (Fsp3) is 0.582. The topological polar surface area (TPSA) is 209 Å². The van der Waals surface area contributed by atoms with Gasteiger partial charge in [-0.3, -0.25) is 38.3 Å². The first-order valence-corrected chi connectivity index (χ1v) is 27.8. The number of quaternary nitrogens is 2. The van der Waals surface area contributed by atoms with E-state index in [1.54, 1.807) is 25.4 Å². The fourth-order valence-electron chi connectivity index (χ4n) is 13.1. The lowest BCUT2D eigenvalue weighted by Crippen LogP contribution is -2.70. The highest BCUT2D eigenvalue weighted by Crippen LogP contribution is 2.45. The smallest absolute Gasteiger partial charge is 0.310 e. The molecular formula is C55H71FN10O10S+4. The standard InChI is InChI=1S/C55H70FN10O10S/c1-73-21-16-65-17-22-74-24-25-75-23-18-66(15-19-67)37-42-26-39(27-49-51(69)33-55(66,64(42)49)32-50(68)48-31-44(77-56)29-41(36-65)63(48)38-65)28-52(70)61-13-11-60(12-14-61)9-3-20-76-43-5-6-47-46(30-43)45(7-8-58-47)54(72)59-35-53(71)62-10-2-4-40(62)34-57/h5-8,26-27,29,31,40,43,67H,2-4,9-25,28,30,32-33,35-38H2,1H3/q+3/p+1. The number of nitrogens with one attached hydrogen (secondary N) is 1. The molecule has 1 aliphatic carbocycles. The van der Waals surface area contributed by atoms with Crippen molar-refractivity contribution in [1.29, 1.82) is 5.26 Å². The predicted molar refractivity (Wildman–Crippen MR) is 275 cm³/mol. The molecule has 10 rings (SSSR count). The molecule has 3 aromatic heterocycles. The number of ether oxygens (including phenoxy) is 4. The molecule has 2 N–H and O–H groups in total. The number of piperazine rings is 1. The third-order valence-electron chi connectivity index (χ3n) is 17.1. The molecule has 20 nitrogen and oxygen atoms in total. The van der Waals surface area contributed by atoms with E-state index in [-0.39, 0.29) is 91.0 Å². The van der Waals surface area contributed by atoms with Crippen LogP contribution in [0.4, 0.5) is 3.89 Å². The number of aromatic nitrogens is 3. The highest BCUT2D eigenvalue weighted by molar-refractivity contribution is 7.94. The van der Waals surface area contributed by atoms with Crippen LogP contribution in [0, 0.1) is 11.3 Å². The lowest BCUT2D eigenvalue weighted by Gasteiger charge is -2.41. The molecule has 22 heteroatoms. The number of hydrogen-bond donors (Lipinski definition) is 2. The molecule has 0 radical (unpaired) electrons. The van der Waals surface area contributed by atoms with Gasteiger partial charge in [-0.05, 0) is 42.5 Å². The Morgan fingerprint density at radius 2 is 1.77 bits per heavy atom. The van der Waals surface area contributed by atoms with Crippen LogP contribution in [0.25, 0.3) is 6.08 Å². The Balaban J connectivity index is 0.766. The van der Waals surface area contributed by atoms with E-state index < -0.39 is 11.7 Å². The van der Waals surface area contributed by atoms with Crippen molar-refractivity contribution in [2.45, 2.75) is 87.4 Å². The number of nitrogens with zero attached hydrogens (tertiary/aromatic N) is 9. The molecule has 7 aliphatic rings. The van der Waals surface area contributed by atoms with Gasteiger partial charge in [-0.25, -0.2) is 4.48 Å². The van der Waals surface area contributed by atoms with E-state index in [4.69, 9.17) is 18.9 Å². The molecule has 3 aromatic rings. The first-order chi connectivity index (χ1) is 37.4. The Morgan fingerprint density at radius 1 is 0.974 bits per heavy atom. The minimum atomic E-state index is -1.09. The summed E-state index contributed by atoms with van der Waals surface area (Å²) in [5, 5.41) is 22.9. The molecule has 0 aromatic carbocycles. The van der Waals surface area contributed by atoms with Gasteiger partial charge in [-0.1, -0.05) is 6.08 Å². The number of carbonyl (C=O) groups is 5. The van der Waals surface area contributed by atoms with Gasteiger partial charge in [0.15, 0.2) is 13.1 Å². The van der Waals surface area contributed by atoms with Crippen molar-refractivity contribution in [2.75, 3.05) is 125 Å². The normalized spacial score (nSPS) is 26.1. The lowest BCUT2D eigenvalue weighted by molar-refractivity contribution is -1.09. The van der Waals surface area contributed by atoms with Gasteiger partial charge in [-0.15, -0.1) is 9.13 Å². The van der Waals surface area contributed by atoms with Crippen LogP contribution in [-0.4, -0.2) is 201 Å². The van der Waals surface area contributed by atoms with Crippen LogP contribution in [0.15, 0.2) is 47.5 Å². The zero-order valence-electron chi connectivity index (χ0n) is 44.0. The van der Waals surface area contributed by atoms with Gasteiger partial charge < -0.3 is 39.2 Å². The van der Waals surface area contributed by atoms with E-state index in [0.29, 0.717) is 157 Å². The van der Waals surface area contributed by atoms with Crippen molar-refractivity contribution in [3.8, 4) is 6.07 Å². The van der Waals surface area contributed by atoms with E-state index in [1.165, 1.54) is 4.90 Å². The number of ketones is 2. The van der Waals surface area contributed by atoms with Crippen LogP contribution in [0.1, 0.15) is 91.6 Å². The quantitative estimate of drug-likeness (QED) is 0.118. The number of amides is 3. The Hall–Kier alpha value is -5.61. The zero-order chi connectivity index (χ0) is 53.7. The third kappa shape index (κ3) is 11.2. The highest BCUT2D eigenvalue weighted by Gasteiger charge is 2.72. The number of Topliss-reactive ketones (excluding diaryl/α,β-unsaturated/α-hetero) is 2. The van der Waals surface area contributed by atoms with Crippen LogP contribution < -0.4 is 14.5 Å². The summed E-state index contributed by atoms with van der Waals surface area (Å²) in [7, 11) is 1.66. The second kappa shape index (κ2) is 23.8. The Morgan fingerprint density at radius 3 is 2.53 bits per heavy atom. The number of hydrogen-bond acceptors (Lipinski definition) is 14. The average molecular weight is 1080 g/mol. The maximum Gasteiger partial charge on any atom is 0.310 e. The van der Waals surface area contributed by atoms with Gasteiger partial charge in [0.2, 0.25) is 34.8 Å². The molecule has 2 bridgehead atoms. The number of aliphatic hydroxyl groups excluding tert-OH is 1. The van der Waals surface area contributed by atoms with E-state index >= 15 is 4.79 Å². The van der Waals surface area contributed by atoms with E-state index in [2.05, 4.69) is 21.3 Å². The van der Waals surface area contributed by atoms with Crippen LogP contribution in [0.3, 0.4) is 0 Å². The summed E-state index contributed by atoms with van der Waals surface area (Å²) in [6.45, 7) is 9.40. The van der Waals surface area contributed by atoms with Gasteiger partial charge in [0.05, 0.1) is 87.5 Å². The van der Waals surface area contributed by atoms with Gasteiger partial charge in [0, 0.05) is 95.4 Å². The van der Waals surface area contributed by atoms with Crippen LogP contribution in [0.5, 0.6) is 0 Å². The summed E-state index contributed by atoms with van der Waals surface area (Å²) in [5.41, 5.74) is 4.01. The molecule has 5 unspecified atom stereocenters. The summed E-state index contributed by atoms with van der Waals surface area (Å²) < 4.78 is 43.4. The number of pyridine rings is 3.